The first kappa shape index (κ1) is 16.5. The van der Waals surface area contributed by atoms with E-state index >= 15 is 0 Å². The summed E-state index contributed by atoms with van der Waals surface area (Å²) in [4.78, 5) is 8.38. The lowest BCUT2D eigenvalue weighted by Crippen LogP contribution is -2.34. The van der Waals surface area contributed by atoms with E-state index in [9.17, 15) is 0 Å². The van der Waals surface area contributed by atoms with Crippen molar-refractivity contribution in [3.8, 4) is 5.88 Å². The van der Waals surface area contributed by atoms with Gasteiger partial charge >= 0.3 is 0 Å². The molecule has 0 fully saturated rings. The van der Waals surface area contributed by atoms with E-state index in [1.165, 1.54) is 0 Å². The van der Waals surface area contributed by atoms with Gasteiger partial charge in [0.25, 0.3) is 5.88 Å². The zero-order chi connectivity index (χ0) is 15.9. The van der Waals surface area contributed by atoms with Gasteiger partial charge in [-0.25, -0.2) is 9.97 Å². The molecule has 2 N–H and O–H groups in total. The minimum Gasteiger partial charge on any atom is -0.470 e. The lowest BCUT2D eigenvalue weighted by Gasteiger charge is -2.14. The number of nitrogens with zero attached hydrogens (tertiary/aromatic N) is 2. The molecule has 0 radical (unpaired) electrons. The molecular formula is C15H17ClN4OS. The first-order valence-corrected chi connectivity index (χ1v) is 7.59. The smallest absolute Gasteiger partial charge is 0.258 e. The molecule has 0 aliphatic carbocycles. The van der Waals surface area contributed by atoms with Gasteiger partial charge in [0, 0.05) is 29.0 Å². The Morgan fingerprint density at radius 3 is 2.73 bits per heavy atom. The molecule has 0 unspecified atom stereocenters. The molecular weight excluding hydrogens is 320 g/mol. The maximum Gasteiger partial charge on any atom is 0.258 e. The number of thiocarbonyl (C=S) groups is 1. The normalized spacial score (nSPS) is 10.4. The van der Waals surface area contributed by atoms with Gasteiger partial charge in [0.05, 0.1) is 0 Å². The molecule has 1 aromatic carbocycles. The van der Waals surface area contributed by atoms with Gasteiger partial charge in [-0.3, -0.25) is 0 Å². The van der Waals surface area contributed by atoms with Gasteiger partial charge in [0.15, 0.2) is 10.9 Å². The molecule has 22 heavy (non-hydrogen) atoms. The van der Waals surface area contributed by atoms with Gasteiger partial charge in [0.1, 0.15) is 6.61 Å². The number of halogens is 1. The van der Waals surface area contributed by atoms with E-state index in [1.807, 2.05) is 38.1 Å². The molecule has 0 amide bonds. The van der Waals surface area contributed by atoms with E-state index < -0.39 is 0 Å². The summed E-state index contributed by atoms with van der Waals surface area (Å²) in [5.41, 5.74) is 0.878. The largest absolute Gasteiger partial charge is 0.470 e. The molecule has 0 aliphatic rings. The number of rotatable bonds is 5. The number of ether oxygens (including phenoxy) is 1. The van der Waals surface area contributed by atoms with Gasteiger partial charge in [-0.05, 0) is 32.1 Å². The summed E-state index contributed by atoms with van der Waals surface area (Å²) in [6.07, 6.45) is 3.13. The van der Waals surface area contributed by atoms with Crippen molar-refractivity contribution >= 4 is 34.7 Å². The predicted molar refractivity (Wildman–Crippen MR) is 92.3 cm³/mol. The van der Waals surface area contributed by atoms with E-state index in [-0.39, 0.29) is 6.04 Å². The summed E-state index contributed by atoms with van der Waals surface area (Å²) in [7, 11) is 0. The fourth-order valence-electron chi connectivity index (χ4n) is 1.68. The molecule has 2 aromatic rings. The van der Waals surface area contributed by atoms with Crippen LogP contribution in [0.2, 0.25) is 5.02 Å². The quantitative estimate of drug-likeness (QED) is 0.816. The summed E-state index contributed by atoms with van der Waals surface area (Å²) >= 11 is 11.3. The molecule has 0 bridgehead atoms. The van der Waals surface area contributed by atoms with Crippen LogP contribution in [0.1, 0.15) is 19.4 Å². The summed E-state index contributed by atoms with van der Waals surface area (Å²) in [5.74, 6) is 0.836. The van der Waals surface area contributed by atoms with Crippen LogP contribution in [0.5, 0.6) is 5.88 Å². The van der Waals surface area contributed by atoms with Crippen LogP contribution in [0.3, 0.4) is 0 Å². The molecule has 5 nitrogen and oxygen atoms in total. The van der Waals surface area contributed by atoms with Crippen molar-refractivity contribution in [1.29, 1.82) is 0 Å². The van der Waals surface area contributed by atoms with Crippen LogP contribution in [-0.4, -0.2) is 21.1 Å². The summed E-state index contributed by atoms with van der Waals surface area (Å²) in [6.45, 7) is 4.30. The van der Waals surface area contributed by atoms with Crippen molar-refractivity contribution in [2.45, 2.75) is 26.5 Å². The summed E-state index contributed by atoms with van der Waals surface area (Å²) in [5, 5.41) is 7.18. The highest BCUT2D eigenvalue weighted by Crippen LogP contribution is 2.21. The van der Waals surface area contributed by atoms with Crippen molar-refractivity contribution in [2.24, 2.45) is 0 Å². The first-order chi connectivity index (χ1) is 10.6. The Hall–Kier alpha value is -1.92. The van der Waals surface area contributed by atoms with Crippen LogP contribution >= 0.6 is 23.8 Å². The van der Waals surface area contributed by atoms with Crippen molar-refractivity contribution < 1.29 is 4.74 Å². The molecule has 1 heterocycles. The predicted octanol–water partition coefficient (Wildman–Crippen LogP) is 3.40. The van der Waals surface area contributed by atoms with Crippen LogP contribution in [0.15, 0.2) is 36.7 Å². The molecule has 0 saturated carbocycles. The third-order valence-corrected chi connectivity index (χ3v) is 3.23. The zero-order valence-electron chi connectivity index (χ0n) is 12.3. The summed E-state index contributed by atoms with van der Waals surface area (Å²) < 4.78 is 5.70. The van der Waals surface area contributed by atoms with Crippen LogP contribution in [0, 0.1) is 0 Å². The third kappa shape index (κ3) is 4.82. The fourth-order valence-corrected chi connectivity index (χ4v) is 2.21. The Kier molecular flexibility index (Phi) is 5.91. The minimum absolute atomic E-state index is 0.226. The SMILES string of the molecule is CC(C)NC(=S)Nc1nccnc1OCc1ccccc1Cl. The van der Waals surface area contributed by atoms with Gasteiger partial charge in [0.2, 0.25) is 0 Å². The highest BCUT2D eigenvalue weighted by molar-refractivity contribution is 7.80. The maximum atomic E-state index is 6.11. The molecule has 0 saturated heterocycles. The molecule has 0 atom stereocenters. The van der Waals surface area contributed by atoms with Gasteiger partial charge in [-0.1, -0.05) is 29.8 Å². The molecule has 2 rings (SSSR count). The Balaban J connectivity index is 2.05. The van der Waals surface area contributed by atoms with Gasteiger partial charge in [-0.2, -0.15) is 0 Å². The Labute approximate surface area is 140 Å². The lowest BCUT2D eigenvalue weighted by molar-refractivity contribution is 0.294. The van der Waals surface area contributed by atoms with Gasteiger partial charge in [-0.15, -0.1) is 0 Å². The molecule has 0 spiro atoms. The van der Waals surface area contributed by atoms with E-state index in [2.05, 4.69) is 20.6 Å². The highest BCUT2D eigenvalue weighted by Gasteiger charge is 2.10. The van der Waals surface area contributed by atoms with E-state index in [4.69, 9.17) is 28.6 Å². The first-order valence-electron chi connectivity index (χ1n) is 6.81. The van der Waals surface area contributed by atoms with Crippen molar-refractivity contribution in [1.82, 2.24) is 15.3 Å². The number of anilines is 1. The fraction of sp³-hybridized carbons (Fsp3) is 0.267. The van der Waals surface area contributed by atoms with E-state index in [1.54, 1.807) is 12.4 Å². The van der Waals surface area contributed by atoms with Crippen molar-refractivity contribution in [3.63, 3.8) is 0 Å². The highest BCUT2D eigenvalue weighted by atomic mass is 35.5. The van der Waals surface area contributed by atoms with Crippen molar-refractivity contribution in [2.75, 3.05) is 5.32 Å². The molecule has 1 aromatic heterocycles. The number of nitrogens with one attached hydrogen (secondary N) is 2. The standard InChI is InChI=1S/C15H17ClN4OS/c1-10(2)19-15(22)20-13-14(18-8-7-17-13)21-9-11-5-3-4-6-12(11)16/h3-8,10H,9H2,1-2H3,(H2,17,19,20,22). The molecule has 0 aliphatic heterocycles. The topological polar surface area (TPSA) is 59.1 Å². The number of hydrogen-bond acceptors (Lipinski definition) is 4. The summed E-state index contributed by atoms with van der Waals surface area (Å²) in [6, 6.07) is 7.72. The van der Waals surface area contributed by atoms with Crippen LogP contribution in [0.25, 0.3) is 0 Å². The van der Waals surface area contributed by atoms with Gasteiger partial charge < -0.3 is 15.4 Å². The van der Waals surface area contributed by atoms with Crippen molar-refractivity contribution in [3.05, 3.63) is 47.2 Å². The lowest BCUT2D eigenvalue weighted by atomic mass is 10.2. The molecule has 7 heteroatoms. The minimum atomic E-state index is 0.226. The molecule has 116 valence electrons. The Morgan fingerprint density at radius 1 is 1.27 bits per heavy atom. The number of benzene rings is 1. The number of hydrogen-bond donors (Lipinski definition) is 2. The van der Waals surface area contributed by atoms with E-state index in [0.717, 1.165) is 5.56 Å². The monoisotopic (exact) mass is 336 g/mol. The zero-order valence-corrected chi connectivity index (χ0v) is 13.9. The Morgan fingerprint density at radius 2 is 2.00 bits per heavy atom. The second-order valence-corrected chi connectivity index (χ2v) is 5.66. The van der Waals surface area contributed by atoms with Crippen LogP contribution < -0.4 is 15.4 Å². The Bertz CT molecular complexity index is 651. The maximum absolute atomic E-state index is 6.11. The second-order valence-electron chi connectivity index (χ2n) is 4.84. The number of aromatic nitrogens is 2. The van der Waals surface area contributed by atoms with E-state index in [0.29, 0.717) is 28.4 Å². The average Bonchev–Trinajstić information content (AvgIpc) is 2.47. The van der Waals surface area contributed by atoms with Crippen LogP contribution in [-0.2, 0) is 6.61 Å². The third-order valence-electron chi connectivity index (χ3n) is 2.64. The van der Waals surface area contributed by atoms with Crippen LogP contribution in [0.4, 0.5) is 5.82 Å². The average molecular weight is 337 g/mol. The second kappa shape index (κ2) is 7.91.